The molecule has 7 nitrogen and oxygen atoms in total. The molecule has 0 spiro atoms. The Morgan fingerprint density at radius 1 is 1.09 bits per heavy atom. The van der Waals surface area contributed by atoms with Gasteiger partial charge in [-0.15, -0.1) is 0 Å². The van der Waals surface area contributed by atoms with E-state index in [2.05, 4.69) is 15.8 Å². The van der Waals surface area contributed by atoms with Crippen molar-refractivity contribution in [1.82, 2.24) is 5.16 Å². The van der Waals surface area contributed by atoms with Crippen molar-refractivity contribution in [1.29, 1.82) is 0 Å². The molecule has 7 heteroatoms. The van der Waals surface area contributed by atoms with Gasteiger partial charge in [0.2, 0.25) is 11.8 Å². The first-order valence-corrected chi connectivity index (χ1v) is 10.6. The summed E-state index contributed by atoms with van der Waals surface area (Å²) in [5.74, 6) is 0.450. The van der Waals surface area contributed by atoms with Crippen LogP contribution >= 0.6 is 0 Å². The van der Waals surface area contributed by atoms with Gasteiger partial charge < -0.3 is 20.3 Å². The molecule has 0 saturated heterocycles. The molecule has 1 aromatic heterocycles. The molecule has 0 radical (unpaired) electrons. The predicted octanol–water partition coefficient (Wildman–Crippen LogP) is 4.61. The van der Waals surface area contributed by atoms with Crippen LogP contribution in [0.1, 0.15) is 54.0 Å². The third-order valence-corrected chi connectivity index (χ3v) is 6.19. The number of aryl methyl sites for hydroxylation is 1. The van der Waals surface area contributed by atoms with E-state index in [-0.39, 0.29) is 29.3 Å². The zero-order valence-corrected chi connectivity index (χ0v) is 17.8. The number of anilines is 2. The van der Waals surface area contributed by atoms with Crippen molar-refractivity contribution < 1.29 is 19.2 Å². The van der Waals surface area contributed by atoms with Gasteiger partial charge in [-0.3, -0.25) is 9.59 Å². The van der Waals surface area contributed by atoms with Crippen molar-refractivity contribution in [2.45, 2.75) is 38.5 Å². The lowest BCUT2D eigenvalue weighted by molar-refractivity contribution is -0.116. The van der Waals surface area contributed by atoms with E-state index in [0.717, 1.165) is 33.7 Å². The summed E-state index contributed by atoms with van der Waals surface area (Å²) in [4.78, 5) is 24.8. The molecule has 2 aromatic carbocycles. The normalized spacial score (nSPS) is 19.8. The summed E-state index contributed by atoms with van der Waals surface area (Å²) in [6, 6.07) is 14.6. The number of allylic oxidation sites excluding steroid dienone is 2. The standard InChI is InChI=1S/C25H23N3O4/c1-13-22-23(16-3-7-18(8-4-16)26-14(2)29)24-20(27-25(22)32-28-13)11-17(12-21(24)31)15-5-9-19(30)10-6-15/h3-10,17,23,27,30H,11-12H2,1-2H3,(H,26,29)/t17-,23-/m1/s1. The molecule has 0 saturated carbocycles. The van der Waals surface area contributed by atoms with Crippen LogP contribution in [0.3, 0.4) is 0 Å². The summed E-state index contributed by atoms with van der Waals surface area (Å²) in [7, 11) is 0. The highest BCUT2D eigenvalue weighted by Gasteiger charge is 2.41. The van der Waals surface area contributed by atoms with Gasteiger partial charge in [-0.25, -0.2) is 0 Å². The molecule has 5 rings (SSSR count). The summed E-state index contributed by atoms with van der Waals surface area (Å²) in [5, 5.41) is 19.8. The highest BCUT2D eigenvalue weighted by molar-refractivity contribution is 6.01. The number of nitrogens with one attached hydrogen (secondary N) is 2. The summed E-state index contributed by atoms with van der Waals surface area (Å²) in [6.07, 6.45) is 1.05. The van der Waals surface area contributed by atoms with Crippen LogP contribution < -0.4 is 10.6 Å². The molecule has 2 aliphatic rings. The topological polar surface area (TPSA) is 104 Å². The third-order valence-electron chi connectivity index (χ3n) is 6.19. The van der Waals surface area contributed by atoms with Crippen LogP contribution in [0.2, 0.25) is 0 Å². The second kappa shape index (κ2) is 7.67. The van der Waals surface area contributed by atoms with Gasteiger partial charge in [0.25, 0.3) is 0 Å². The van der Waals surface area contributed by atoms with E-state index in [0.29, 0.717) is 24.4 Å². The van der Waals surface area contributed by atoms with Crippen LogP contribution in [-0.4, -0.2) is 22.0 Å². The van der Waals surface area contributed by atoms with E-state index in [1.807, 2.05) is 43.3 Å². The molecular weight excluding hydrogens is 406 g/mol. The van der Waals surface area contributed by atoms with Crippen LogP contribution in [0.4, 0.5) is 11.6 Å². The first kappa shape index (κ1) is 20.1. The molecular formula is C25H23N3O4. The highest BCUT2D eigenvalue weighted by atomic mass is 16.5. The van der Waals surface area contributed by atoms with Gasteiger partial charge >= 0.3 is 0 Å². The Bertz CT molecular complexity index is 1240. The molecule has 1 amide bonds. The first-order valence-electron chi connectivity index (χ1n) is 10.6. The van der Waals surface area contributed by atoms with Crippen LogP contribution in [0.15, 0.2) is 64.3 Å². The molecule has 1 aliphatic carbocycles. The molecule has 3 N–H and O–H groups in total. The minimum Gasteiger partial charge on any atom is -0.508 e. The number of hydrogen-bond donors (Lipinski definition) is 3. The molecule has 3 aromatic rings. The number of phenolic OH excluding ortho intramolecular Hbond substituents is 1. The maximum atomic E-state index is 13.5. The minimum absolute atomic E-state index is 0.0164. The highest BCUT2D eigenvalue weighted by Crippen LogP contribution is 2.49. The van der Waals surface area contributed by atoms with Crippen molar-refractivity contribution >= 4 is 23.3 Å². The molecule has 2 heterocycles. The van der Waals surface area contributed by atoms with Gasteiger partial charge in [-0.1, -0.05) is 29.4 Å². The van der Waals surface area contributed by atoms with E-state index in [1.54, 1.807) is 12.1 Å². The van der Waals surface area contributed by atoms with Crippen LogP contribution in [0, 0.1) is 6.92 Å². The van der Waals surface area contributed by atoms with E-state index in [1.165, 1.54) is 6.92 Å². The van der Waals surface area contributed by atoms with E-state index >= 15 is 0 Å². The number of benzene rings is 2. The summed E-state index contributed by atoms with van der Waals surface area (Å²) < 4.78 is 5.56. The fraction of sp³-hybridized carbons (Fsp3) is 0.240. The largest absolute Gasteiger partial charge is 0.508 e. The van der Waals surface area contributed by atoms with Gasteiger partial charge in [0.15, 0.2) is 5.78 Å². The lowest BCUT2D eigenvalue weighted by Crippen LogP contribution is -2.29. The smallest absolute Gasteiger partial charge is 0.233 e. The Morgan fingerprint density at radius 3 is 2.47 bits per heavy atom. The third kappa shape index (κ3) is 3.45. The number of amides is 1. The fourth-order valence-corrected chi connectivity index (χ4v) is 4.75. The first-order chi connectivity index (χ1) is 15.4. The number of nitrogens with zero attached hydrogens (tertiary/aromatic N) is 1. The van der Waals surface area contributed by atoms with Crippen molar-refractivity contribution in [3.8, 4) is 5.75 Å². The summed E-state index contributed by atoms with van der Waals surface area (Å²) in [6.45, 7) is 3.34. The summed E-state index contributed by atoms with van der Waals surface area (Å²) in [5.41, 5.74) is 5.85. The Hall–Kier alpha value is -3.87. The number of aromatic hydroxyl groups is 1. The lowest BCUT2D eigenvalue weighted by Gasteiger charge is -2.34. The molecule has 32 heavy (non-hydrogen) atoms. The van der Waals surface area contributed by atoms with Gasteiger partial charge in [-0.2, -0.15) is 0 Å². The number of aromatic nitrogens is 1. The lowest BCUT2D eigenvalue weighted by atomic mass is 9.72. The van der Waals surface area contributed by atoms with Gasteiger partial charge in [0.1, 0.15) is 5.75 Å². The van der Waals surface area contributed by atoms with Crippen molar-refractivity contribution in [2.75, 3.05) is 10.6 Å². The molecule has 0 fully saturated rings. The Morgan fingerprint density at radius 2 is 1.78 bits per heavy atom. The maximum Gasteiger partial charge on any atom is 0.233 e. The average Bonchev–Trinajstić information content (AvgIpc) is 3.13. The molecule has 0 bridgehead atoms. The Balaban J connectivity index is 1.56. The number of carbonyl (C=O) groups excluding carboxylic acids is 2. The maximum absolute atomic E-state index is 13.5. The monoisotopic (exact) mass is 429 g/mol. The Labute approximate surface area is 185 Å². The SMILES string of the molecule is CC(=O)Nc1ccc([C@H]2C3=C(C[C@@H](c4ccc(O)cc4)CC3=O)Nc3onc(C)c32)cc1. The van der Waals surface area contributed by atoms with Gasteiger partial charge in [0, 0.05) is 36.2 Å². The average molecular weight is 429 g/mol. The number of hydrogen-bond acceptors (Lipinski definition) is 6. The second-order valence-corrected chi connectivity index (χ2v) is 8.38. The zero-order chi connectivity index (χ0) is 22.4. The number of ketones is 1. The number of carbonyl (C=O) groups is 2. The van der Waals surface area contributed by atoms with Crippen molar-refractivity contribution in [2.24, 2.45) is 0 Å². The van der Waals surface area contributed by atoms with Crippen molar-refractivity contribution in [3.05, 3.63) is 82.2 Å². The number of fused-ring (bicyclic) bond motifs is 1. The van der Waals surface area contributed by atoms with E-state index in [9.17, 15) is 14.7 Å². The second-order valence-electron chi connectivity index (χ2n) is 8.38. The van der Waals surface area contributed by atoms with Crippen molar-refractivity contribution in [3.63, 3.8) is 0 Å². The predicted molar refractivity (Wildman–Crippen MR) is 120 cm³/mol. The van der Waals surface area contributed by atoms with Crippen LogP contribution in [0.25, 0.3) is 0 Å². The number of rotatable bonds is 3. The number of phenols is 1. The van der Waals surface area contributed by atoms with Crippen LogP contribution in [0.5, 0.6) is 5.75 Å². The minimum atomic E-state index is -0.285. The Kier molecular flexibility index (Phi) is 4.81. The van der Waals surface area contributed by atoms with Gasteiger partial charge in [0.05, 0.1) is 11.3 Å². The quantitative estimate of drug-likeness (QED) is 0.562. The molecule has 162 valence electrons. The van der Waals surface area contributed by atoms with E-state index < -0.39 is 0 Å². The van der Waals surface area contributed by atoms with E-state index in [4.69, 9.17) is 4.52 Å². The number of Topliss-reactive ketones (excluding diaryl/α,β-unsaturated/α-hetero) is 1. The van der Waals surface area contributed by atoms with Crippen LogP contribution in [-0.2, 0) is 9.59 Å². The molecule has 0 unspecified atom stereocenters. The summed E-state index contributed by atoms with van der Waals surface area (Å²) >= 11 is 0. The zero-order valence-electron chi connectivity index (χ0n) is 17.8. The van der Waals surface area contributed by atoms with Gasteiger partial charge in [-0.05, 0) is 54.7 Å². The fourth-order valence-electron chi connectivity index (χ4n) is 4.75. The molecule has 2 atom stereocenters. The molecule has 1 aliphatic heterocycles.